The Balaban J connectivity index is 1.77. The van der Waals surface area contributed by atoms with Gasteiger partial charge in [0.15, 0.2) is 11.6 Å². The predicted octanol–water partition coefficient (Wildman–Crippen LogP) is 3.75. The summed E-state index contributed by atoms with van der Waals surface area (Å²) in [5.74, 6) is 0.890. The molecule has 1 aliphatic rings. The summed E-state index contributed by atoms with van der Waals surface area (Å²) in [5.41, 5.74) is 4.21. The van der Waals surface area contributed by atoms with Crippen molar-refractivity contribution in [2.24, 2.45) is 0 Å². The maximum atomic E-state index is 12.3. The van der Waals surface area contributed by atoms with Gasteiger partial charge < -0.3 is 14.1 Å². The molecule has 0 fully saturated rings. The van der Waals surface area contributed by atoms with Gasteiger partial charge in [-0.1, -0.05) is 11.6 Å². The Kier molecular flexibility index (Phi) is 3.20. The number of pyridine rings is 1. The molecule has 5 heterocycles. The van der Waals surface area contributed by atoms with E-state index in [1.54, 1.807) is 12.3 Å². The van der Waals surface area contributed by atoms with Gasteiger partial charge in [-0.25, -0.2) is 4.98 Å². The quantitative estimate of drug-likeness (QED) is 0.564. The summed E-state index contributed by atoms with van der Waals surface area (Å²) < 4.78 is 7.49. The smallest absolute Gasteiger partial charge is 0.226 e. The third kappa shape index (κ3) is 2.17. The molecule has 7 nitrogen and oxygen atoms in total. The second-order valence-electron chi connectivity index (χ2n) is 6.30. The molecule has 0 saturated carbocycles. The number of anilines is 1. The molecule has 2 N–H and O–H groups in total. The fourth-order valence-corrected chi connectivity index (χ4v) is 3.83. The van der Waals surface area contributed by atoms with E-state index in [0.29, 0.717) is 23.0 Å². The van der Waals surface area contributed by atoms with Crippen LogP contribution in [0.15, 0.2) is 41.1 Å². The first-order valence-electron chi connectivity index (χ1n) is 8.18. The first-order chi connectivity index (χ1) is 12.6. The molecule has 26 heavy (non-hydrogen) atoms. The fourth-order valence-electron chi connectivity index (χ4n) is 3.67. The molecule has 0 aliphatic carbocycles. The van der Waals surface area contributed by atoms with E-state index in [4.69, 9.17) is 16.0 Å². The van der Waals surface area contributed by atoms with E-state index in [1.165, 1.54) is 0 Å². The first kappa shape index (κ1) is 15.2. The second kappa shape index (κ2) is 5.47. The molecule has 4 aromatic heterocycles. The molecule has 0 bridgehead atoms. The van der Waals surface area contributed by atoms with Crippen LogP contribution >= 0.6 is 11.6 Å². The Hall–Kier alpha value is -3.06. The van der Waals surface area contributed by atoms with Crippen LogP contribution in [0.5, 0.6) is 0 Å². The van der Waals surface area contributed by atoms with Crippen LogP contribution in [0, 0.1) is 6.92 Å². The summed E-state index contributed by atoms with van der Waals surface area (Å²) >= 11 is 6.20. The van der Waals surface area contributed by atoms with Crippen molar-refractivity contribution < 1.29 is 9.21 Å². The van der Waals surface area contributed by atoms with Crippen molar-refractivity contribution in [3.63, 3.8) is 0 Å². The molecule has 0 aromatic carbocycles. The second-order valence-corrected chi connectivity index (χ2v) is 6.74. The summed E-state index contributed by atoms with van der Waals surface area (Å²) in [6.07, 6.45) is 3.73. The van der Waals surface area contributed by atoms with Gasteiger partial charge in [0.05, 0.1) is 22.7 Å². The molecule has 1 aliphatic heterocycles. The number of rotatable bonds is 2. The van der Waals surface area contributed by atoms with Gasteiger partial charge in [0, 0.05) is 24.1 Å². The van der Waals surface area contributed by atoms with Crippen LogP contribution in [0.3, 0.4) is 0 Å². The molecule has 0 saturated heterocycles. The lowest BCUT2D eigenvalue weighted by atomic mass is 9.87. The third-order valence-electron chi connectivity index (χ3n) is 4.70. The van der Waals surface area contributed by atoms with E-state index in [2.05, 4.69) is 20.5 Å². The van der Waals surface area contributed by atoms with Crippen LogP contribution in [0.1, 0.15) is 29.3 Å². The number of furan rings is 1. The molecule has 0 radical (unpaired) electrons. The van der Waals surface area contributed by atoms with Crippen molar-refractivity contribution in [2.45, 2.75) is 19.3 Å². The van der Waals surface area contributed by atoms with Crippen LogP contribution < -0.4 is 5.32 Å². The van der Waals surface area contributed by atoms with Crippen molar-refractivity contribution in [3.8, 4) is 11.5 Å². The zero-order valence-electron chi connectivity index (χ0n) is 13.8. The van der Waals surface area contributed by atoms with Gasteiger partial charge in [-0.15, -0.1) is 0 Å². The number of aromatic amines is 1. The van der Waals surface area contributed by atoms with Gasteiger partial charge in [0.2, 0.25) is 5.91 Å². The molecular weight excluding hydrogens is 354 g/mol. The number of carbonyl (C=O) groups is 1. The van der Waals surface area contributed by atoms with E-state index in [0.717, 1.165) is 28.3 Å². The van der Waals surface area contributed by atoms with Crippen molar-refractivity contribution in [3.05, 3.63) is 58.7 Å². The average Bonchev–Trinajstić information content (AvgIpc) is 3.31. The zero-order chi connectivity index (χ0) is 17.8. The molecule has 0 spiro atoms. The van der Waals surface area contributed by atoms with Crippen LogP contribution in [0.2, 0.25) is 5.02 Å². The van der Waals surface area contributed by atoms with Crippen LogP contribution in [-0.2, 0) is 4.79 Å². The molecule has 4 aromatic rings. The molecule has 5 rings (SSSR count). The SMILES string of the molecule is Cc1nc2ccc(Cl)cn2c1[C@H]1CC(=O)Nc2n[nH]c(-c3ccco3)c21. The van der Waals surface area contributed by atoms with Gasteiger partial charge in [-0.2, -0.15) is 5.10 Å². The Bertz CT molecular complexity index is 1140. The topological polar surface area (TPSA) is 88.2 Å². The number of hydrogen-bond acceptors (Lipinski definition) is 4. The van der Waals surface area contributed by atoms with Crippen molar-refractivity contribution >= 4 is 29.0 Å². The normalized spacial score (nSPS) is 16.7. The highest BCUT2D eigenvalue weighted by Gasteiger charge is 2.35. The van der Waals surface area contributed by atoms with Crippen molar-refractivity contribution in [1.29, 1.82) is 0 Å². The number of amides is 1. The molecule has 8 heteroatoms. The minimum atomic E-state index is -0.217. The monoisotopic (exact) mass is 367 g/mol. The Labute approximate surface area is 153 Å². The number of halogens is 1. The number of H-pyrrole nitrogens is 1. The van der Waals surface area contributed by atoms with Crippen LogP contribution in [-0.4, -0.2) is 25.5 Å². The highest BCUT2D eigenvalue weighted by Crippen LogP contribution is 2.42. The molecule has 1 amide bonds. The molecule has 0 unspecified atom stereocenters. The lowest BCUT2D eigenvalue weighted by Gasteiger charge is -2.23. The highest BCUT2D eigenvalue weighted by molar-refractivity contribution is 6.30. The Morgan fingerprint density at radius 3 is 3.04 bits per heavy atom. The van der Waals surface area contributed by atoms with Crippen LogP contribution in [0.25, 0.3) is 17.1 Å². The van der Waals surface area contributed by atoms with E-state index in [9.17, 15) is 4.79 Å². The molecular formula is C18H14ClN5O2. The lowest BCUT2D eigenvalue weighted by molar-refractivity contribution is -0.116. The fraction of sp³-hybridized carbons (Fsp3) is 0.167. The number of imidazole rings is 1. The average molecular weight is 368 g/mol. The number of hydrogen-bond donors (Lipinski definition) is 2. The maximum Gasteiger partial charge on any atom is 0.226 e. The van der Waals surface area contributed by atoms with Crippen LogP contribution in [0.4, 0.5) is 5.82 Å². The summed E-state index contributed by atoms with van der Waals surface area (Å²) in [6.45, 7) is 1.94. The number of fused-ring (bicyclic) bond motifs is 2. The van der Waals surface area contributed by atoms with Gasteiger partial charge in [0.1, 0.15) is 11.3 Å². The molecule has 130 valence electrons. The third-order valence-corrected chi connectivity index (χ3v) is 4.92. The largest absolute Gasteiger partial charge is 0.463 e. The first-order valence-corrected chi connectivity index (χ1v) is 8.55. The Morgan fingerprint density at radius 1 is 1.35 bits per heavy atom. The van der Waals surface area contributed by atoms with Crippen molar-refractivity contribution in [2.75, 3.05) is 5.32 Å². The zero-order valence-corrected chi connectivity index (χ0v) is 14.5. The maximum absolute atomic E-state index is 12.3. The summed E-state index contributed by atoms with van der Waals surface area (Å²) in [7, 11) is 0. The number of aryl methyl sites for hydroxylation is 1. The Morgan fingerprint density at radius 2 is 2.23 bits per heavy atom. The number of carbonyl (C=O) groups excluding carboxylic acids is 1. The van der Waals surface area contributed by atoms with Gasteiger partial charge in [0.25, 0.3) is 0 Å². The molecule has 1 atom stereocenters. The van der Waals surface area contributed by atoms with E-state index >= 15 is 0 Å². The predicted molar refractivity (Wildman–Crippen MR) is 96.3 cm³/mol. The number of nitrogens with zero attached hydrogens (tertiary/aromatic N) is 3. The van der Waals surface area contributed by atoms with Crippen molar-refractivity contribution in [1.82, 2.24) is 19.6 Å². The minimum absolute atomic E-state index is 0.0867. The van der Waals surface area contributed by atoms with E-state index in [1.807, 2.05) is 35.7 Å². The van der Waals surface area contributed by atoms with E-state index in [-0.39, 0.29) is 11.8 Å². The summed E-state index contributed by atoms with van der Waals surface area (Å²) in [4.78, 5) is 16.9. The summed E-state index contributed by atoms with van der Waals surface area (Å²) in [6, 6.07) is 7.35. The standard InChI is InChI=1S/C18H14ClN5O2/c1-9-17(24-8-10(19)4-5-13(24)20-9)11-7-14(25)21-18-15(11)16(22-23-18)12-3-2-6-26-12/h2-6,8,11H,7H2,1H3,(H2,21,22,23,25)/t11-/m0/s1. The highest BCUT2D eigenvalue weighted by atomic mass is 35.5. The number of aromatic nitrogens is 4. The minimum Gasteiger partial charge on any atom is -0.463 e. The number of nitrogens with one attached hydrogen (secondary N) is 2. The van der Waals surface area contributed by atoms with E-state index < -0.39 is 0 Å². The summed E-state index contributed by atoms with van der Waals surface area (Å²) in [5, 5.41) is 10.7. The lowest BCUT2D eigenvalue weighted by Crippen LogP contribution is -2.24. The van der Waals surface area contributed by atoms with Gasteiger partial charge in [-0.05, 0) is 31.2 Å². The van der Waals surface area contributed by atoms with Gasteiger partial charge in [-0.3, -0.25) is 9.89 Å². The van der Waals surface area contributed by atoms with Gasteiger partial charge >= 0.3 is 0 Å².